The zero-order valence-electron chi connectivity index (χ0n) is 22.1. The number of anilines is 1. The highest BCUT2D eigenvalue weighted by Crippen LogP contribution is 2.49. The van der Waals surface area contributed by atoms with Crippen molar-refractivity contribution in [1.29, 1.82) is 0 Å². The molecule has 2 saturated heterocycles. The summed E-state index contributed by atoms with van der Waals surface area (Å²) in [5, 5.41) is 0. The number of likely N-dealkylation sites (N-methyl/N-ethyl adjacent to an activating group) is 1. The summed E-state index contributed by atoms with van der Waals surface area (Å²) in [6.07, 6.45) is 7.61. The van der Waals surface area contributed by atoms with Crippen LogP contribution in [0.1, 0.15) is 36.8 Å². The van der Waals surface area contributed by atoms with Crippen LogP contribution >= 0.6 is 0 Å². The molecule has 8 nitrogen and oxygen atoms in total. The minimum atomic E-state index is -0.750. The normalized spacial score (nSPS) is 21.7. The highest BCUT2D eigenvalue weighted by Gasteiger charge is 2.43. The van der Waals surface area contributed by atoms with Crippen LogP contribution in [0.4, 0.5) is 14.7 Å². The molecule has 5 rings (SSSR count). The highest BCUT2D eigenvalue weighted by molar-refractivity contribution is 5.79. The quantitative estimate of drug-likeness (QED) is 0.439. The molecule has 0 unspecified atom stereocenters. The molecule has 1 amide bonds. The van der Waals surface area contributed by atoms with E-state index in [1.165, 1.54) is 23.5 Å². The molecule has 0 spiro atoms. The molecule has 0 N–H and O–H groups in total. The lowest BCUT2D eigenvalue weighted by Crippen LogP contribution is -2.50. The summed E-state index contributed by atoms with van der Waals surface area (Å²) < 4.78 is 45.1. The minimum absolute atomic E-state index is 0.0253. The van der Waals surface area contributed by atoms with E-state index in [-0.39, 0.29) is 29.7 Å². The SMILES string of the molecule is COCc1cnc(N2CCC([C@H]3C[C@H]3CCOc3cc(F)c(CC(=O)N(C)C4COC4)c(F)c3)CC2)nc1. The van der Waals surface area contributed by atoms with Crippen LogP contribution in [-0.4, -0.2) is 73.9 Å². The molecular weight excluding hydrogens is 494 g/mol. The molecule has 1 aliphatic carbocycles. The first-order chi connectivity index (χ1) is 18.4. The lowest BCUT2D eigenvalue weighted by Gasteiger charge is -2.34. The van der Waals surface area contributed by atoms with E-state index in [2.05, 4.69) is 14.9 Å². The van der Waals surface area contributed by atoms with E-state index >= 15 is 0 Å². The lowest BCUT2D eigenvalue weighted by atomic mass is 9.90. The van der Waals surface area contributed by atoms with Crippen molar-refractivity contribution < 1.29 is 27.8 Å². The molecule has 0 bridgehead atoms. The fraction of sp³-hybridized carbons (Fsp3) is 0.607. The molecule has 3 aliphatic rings. The Morgan fingerprint density at radius 3 is 2.45 bits per heavy atom. The predicted octanol–water partition coefficient (Wildman–Crippen LogP) is 3.62. The van der Waals surface area contributed by atoms with E-state index in [0.29, 0.717) is 44.2 Å². The summed E-state index contributed by atoms with van der Waals surface area (Å²) in [4.78, 5) is 25.1. The smallest absolute Gasteiger partial charge is 0.227 e. The summed E-state index contributed by atoms with van der Waals surface area (Å²) in [6.45, 7) is 3.75. The third kappa shape index (κ3) is 6.23. The third-order valence-corrected chi connectivity index (χ3v) is 8.17. The molecule has 10 heteroatoms. The van der Waals surface area contributed by atoms with Crippen molar-refractivity contribution >= 4 is 11.9 Å². The van der Waals surface area contributed by atoms with Gasteiger partial charge in [-0.2, -0.15) is 0 Å². The molecule has 2 atom stereocenters. The predicted molar refractivity (Wildman–Crippen MR) is 137 cm³/mol. The summed E-state index contributed by atoms with van der Waals surface area (Å²) >= 11 is 0. The van der Waals surface area contributed by atoms with Gasteiger partial charge in [-0.05, 0) is 43.4 Å². The van der Waals surface area contributed by atoms with Gasteiger partial charge in [-0.15, -0.1) is 0 Å². The zero-order chi connectivity index (χ0) is 26.6. The third-order valence-electron chi connectivity index (χ3n) is 8.17. The number of amides is 1. The number of hydrogen-bond donors (Lipinski definition) is 0. The van der Waals surface area contributed by atoms with Crippen molar-refractivity contribution in [3.05, 3.63) is 47.3 Å². The number of benzene rings is 1. The summed E-state index contributed by atoms with van der Waals surface area (Å²) in [5.74, 6) is 1.07. The van der Waals surface area contributed by atoms with Gasteiger partial charge in [0.25, 0.3) is 0 Å². The van der Waals surface area contributed by atoms with Crippen LogP contribution in [-0.2, 0) is 27.3 Å². The molecule has 0 radical (unpaired) electrons. The summed E-state index contributed by atoms with van der Waals surface area (Å²) in [5.41, 5.74) is 0.744. The number of hydrogen-bond acceptors (Lipinski definition) is 7. The number of ether oxygens (including phenoxy) is 3. The van der Waals surface area contributed by atoms with Gasteiger partial charge < -0.3 is 24.0 Å². The summed E-state index contributed by atoms with van der Waals surface area (Å²) in [7, 11) is 3.29. The number of nitrogens with zero attached hydrogens (tertiary/aromatic N) is 4. The van der Waals surface area contributed by atoms with Gasteiger partial charge in [-0.1, -0.05) is 0 Å². The van der Waals surface area contributed by atoms with Crippen molar-refractivity contribution in [3.63, 3.8) is 0 Å². The molecule has 38 heavy (non-hydrogen) atoms. The molecule has 206 valence electrons. The van der Waals surface area contributed by atoms with E-state index in [4.69, 9.17) is 14.2 Å². The molecule has 2 aromatic rings. The topological polar surface area (TPSA) is 77.0 Å². The van der Waals surface area contributed by atoms with Gasteiger partial charge in [0.15, 0.2) is 0 Å². The second-order valence-electron chi connectivity index (χ2n) is 10.7. The van der Waals surface area contributed by atoms with Crippen LogP contribution in [0.3, 0.4) is 0 Å². The second-order valence-corrected chi connectivity index (χ2v) is 10.7. The Balaban J connectivity index is 1.03. The van der Waals surface area contributed by atoms with E-state index in [0.717, 1.165) is 43.9 Å². The molecule has 3 heterocycles. The average Bonchev–Trinajstić information content (AvgIpc) is 3.65. The van der Waals surface area contributed by atoms with Crippen molar-refractivity contribution in [3.8, 4) is 5.75 Å². The second kappa shape index (κ2) is 11.9. The molecule has 2 aliphatic heterocycles. The van der Waals surface area contributed by atoms with Crippen LogP contribution in [0.25, 0.3) is 0 Å². The average molecular weight is 531 g/mol. The van der Waals surface area contributed by atoms with E-state index in [1.807, 2.05) is 12.4 Å². The van der Waals surface area contributed by atoms with Gasteiger partial charge in [0.2, 0.25) is 11.9 Å². The molecule has 1 saturated carbocycles. The van der Waals surface area contributed by atoms with E-state index < -0.39 is 11.6 Å². The first kappa shape index (κ1) is 26.7. The van der Waals surface area contributed by atoms with Crippen LogP contribution in [0.5, 0.6) is 5.75 Å². The maximum Gasteiger partial charge on any atom is 0.227 e. The monoisotopic (exact) mass is 530 g/mol. The molecule has 1 aromatic heterocycles. The Morgan fingerprint density at radius 1 is 1.16 bits per heavy atom. The first-order valence-corrected chi connectivity index (χ1v) is 13.4. The lowest BCUT2D eigenvalue weighted by molar-refractivity contribution is -0.141. The number of aromatic nitrogens is 2. The Labute approximate surface area is 222 Å². The Kier molecular flexibility index (Phi) is 8.38. The number of methoxy groups -OCH3 is 1. The van der Waals surface area contributed by atoms with Gasteiger partial charge >= 0.3 is 0 Å². The van der Waals surface area contributed by atoms with E-state index in [9.17, 15) is 13.6 Å². The largest absolute Gasteiger partial charge is 0.493 e. The number of halogens is 2. The molecule has 3 fully saturated rings. The summed E-state index contributed by atoms with van der Waals surface area (Å²) in [6, 6.07) is 2.34. The van der Waals surface area contributed by atoms with Crippen molar-refractivity contribution in [2.24, 2.45) is 17.8 Å². The number of rotatable bonds is 11. The van der Waals surface area contributed by atoms with Gasteiger partial charge in [0.05, 0.1) is 38.9 Å². The van der Waals surface area contributed by atoms with Crippen molar-refractivity contribution in [2.45, 2.75) is 44.8 Å². The maximum atomic E-state index is 14.6. The standard InChI is InChI=1S/C28H36F2N4O4/c1-33(21-16-37-17-21)27(35)12-24-25(29)10-22(11-26(24)30)38-8-5-20-9-23(20)19-3-6-34(7-4-19)28-31-13-18(14-32-28)15-36-2/h10-11,13-14,19-21,23H,3-9,12,15-17H2,1-2H3/t20-,23-/m1/s1. The Morgan fingerprint density at radius 2 is 1.84 bits per heavy atom. The number of piperidine rings is 1. The van der Waals surface area contributed by atoms with Gasteiger partial charge in [0.1, 0.15) is 17.4 Å². The Hall–Kier alpha value is -2.85. The van der Waals surface area contributed by atoms with Crippen LogP contribution < -0.4 is 9.64 Å². The van der Waals surface area contributed by atoms with Crippen LogP contribution in [0.15, 0.2) is 24.5 Å². The van der Waals surface area contributed by atoms with Gasteiger partial charge in [-0.3, -0.25) is 4.79 Å². The van der Waals surface area contributed by atoms with Crippen LogP contribution in [0.2, 0.25) is 0 Å². The van der Waals surface area contributed by atoms with Gasteiger partial charge in [-0.25, -0.2) is 18.7 Å². The van der Waals surface area contributed by atoms with Crippen molar-refractivity contribution in [1.82, 2.24) is 14.9 Å². The van der Waals surface area contributed by atoms with Crippen molar-refractivity contribution in [2.75, 3.05) is 52.0 Å². The number of carbonyl (C=O) groups excluding carboxylic acids is 1. The number of carbonyl (C=O) groups is 1. The molecular formula is C28H36F2N4O4. The zero-order valence-corrected chi connectivity index (χ0v) is 22.1. The fourth-order valence-electron chi connectivity index (χ4n) is 5.55. The van der Waals surface area contributed by atoms with Gasteiger partial charge in [0, 0.05) is 62.9 Å². The minimum Gasteiger partial charge on any atom is -0.493 e. The van der Waals surface area contributed by atoms with Crippen LogP contribution in [0, 0.1) is 29.4 Å². The molecule has 1 aromatic carbocycles. The first-order valence-electron chi connectivity index (χ1n) is 13.4. The highest BCUT2D eigenvalue weighted by atomic mass is 19.1. The Bertz CT molecular complexity index is 1080. The van der Waals surface area contributed by atoms with E-state index in [1.54, 1.807) is 14.2 Å². The fourth-order valence-corrected chi connectivity index (χ4v) is 5.55. The maximum absolute atomic E-state index is 14.6.